The van der Waals surface area contributed by atoms with Crippen LogP contribution in [-0.2, 0) is 0 Å². The average Bonchev–Trinajstić information content (AvgIpc) is 2.60. The fourth-order valence-electron chi connectivity index (χ4n) is 1.28. The molecule has 2 aromatic heterocycles. The number of carboxylic acid groups (broad SMARTS) is 1. The van der Waals surface area contributed by atoms with Gasteiger partial charge in [0.2, 0.25) is 0 Å². The molecule has 2 aromatic rings. The summed E-state index contributed by atoms with van der Waals surface area (Å²) in [5, 5.41) is 9.53. The molecule has 16 heavy (non-hydrogen) atoms. The zero-order chi connectivity index (χ0) is 11.7. The summed E-state index contributed by atoms with van der Waals surface area (Å²) in [5.41, 5.74) is 1.18. The van der Waals surface area contributed by atoms with Crippen LogP contribution in [0.1, 0.15) is 21.2 Å². The van der Waals surface area contributed by atoms with E-state index in [9.17, 15) is 4.79 Å². The van der Waals surface area contributed by atoms with Crippen molar-refractivity contribution in [1.29, 1.82) is 0 Å². The number of carbonyl (C=O) groups is 1. The lowest BCUT2D eigenvalue weighted by atomic mass is 10.4. The summed E-state index contributed by atoms with van der Waals surface area (Å²) in [6, 6.07) is 1.72. The molecule has 1 N–H and O–H groups in total. The van der Waals surface area contributed by atoms with Gasteiger partial charge in [0.25, 0.3) is 0 Å². The summed E-state index contributed by atoms with van der Waals surface area (Å²) < 4.78 is 0. The molecule has 0 spiro atoms. The largest absolute Gasteiger partial charge is 0.477 e. The van der Waals surface area contributed by atoms with E-state index in [0.29, 0.717) is 22.2 Å². The maximum absolute atomic E-state index is 10.9. The van der Waals surface area contributed by atoms with Crippen LogP contribution < -0.4 is 0 Å². The molecule has 2 rings (SSSR count). The first-order valence-corrected chi connectivity index (χ1v) is 5.40. The molecule has 0 saturated heterocycles. The van der Waals surface area contributed by atoms with Crippen molar-refractivity contribution in [3.8, 4) is 10.7 Å². The van der Waals surface area contributed by atoms with E-state index in [1.807, 2.05) is 0 Å². The molecule has 0 aliphatic heterocycles. The summed E-state index contributed by atoms with van der Waals surface area (Å²) in [6.45, 7) is 3.46. The van der Waals surface area contributed by atoms with Gasteiger partial charge in [0.05, 0.1) is 5.69 Å². The molecule has 0 aliphatic rings. The first-order valence-electron chi connectivity index (χ1n) is 4.58. The van der Waals surface area contributed by atoms with Crippen LogP contribution in [0.25, 0.3) is 10.7 Å². The van der Waals surface area contributed by atoms with Crippen LogP contribution in [0.5, 0.6) is 0 Å². The lowest BCUT2D eigenvalue weighted by Gasteiger charge is -1.95. The lowest BCUT2D eigenvalue weighted by Crippen LogP contribution is -1.94. The van der Waals surface area contributed by atoms with E-state index in [0.717, 1.165) is 11.3 Å². The second-order valence-corrected chi connectivity index (χ2v) is 4.23. The van der Waals surface area contributed by atoms with Gasteiger partial charge in [0.1, 0.15) is 21.4 Å². The van der Waals surface area contributed by atoms with E-state index in [2.05, 4.69) is 15.0 Å². The van der Waals surface area contributed by atoms with Crippen molar-refractivity contribution in [2.45, 2.75) is 13.8 Å². The van der Waals surface area contributed by atoms with Gasteiger partial charge in [0, 0.05) is 6.20 Å². The number of nitrogens with zero attached hydrogens (tertiary/aromatic N) is 3. The van der Waals surface area contributed by atoms with Crippen molar-refractivity contribution in [3.05, 3.63) is 28.7 Å². The van der Waals surface area contributed by atoms with Gasteiger partial charge in [-0.15, -0.1) is 11.3 Å². The van der Waals surface area contributed by atoms with E-state index >= 15 is 0 Å². The summed E-state index contributed by atoms with van der Waals surface area (Å²) >= 11 is 1.13. The first kappa shape index (κ1) is 10.7. The molecule has 2 heterocycles. The monoisotopic (exact) mass is 235 g/mol. The van der Waals surface area contributed by atoms with E-state index in [1.165, 1.54) is 0 Å². The van der Waals surface area contributed by atoms with E-state index < -0.39 is 5.97 Å². The third kappa shape index (κ3) is 1.92. The number of hydrogen-bond acceptors (Lipinski definition) is 5. The highest BCUT2D eigenvalue weighted by molar-refractivity contribution is 7.17. The van der Waals surface area contributed by atoms with Crippen LogP contribution in [0.2, 0.25) is 0 Å². The molecule has 0 aliphatic carbocycles. The van der Waals surface area contributed by atoms with Crippen molar-refractivity contribution < 1.29 is 9.90 Å². The molecule has 6 heteroatoms. The van der Waals surface area contributed by atoms with Crippen molar-refractivity contribution in [2.75, 3.05) is 0 Å². The predicted octanol–water partition coefficient (Wildman–Crippen LogP) is 1.92. The van der Waals surface area contributed by atoms with Crippen molar-refractivity contribution in [2.24, 2.45) is 0 Å². The zero-order valence-electron chi connectivity index (χ0n) is 8.76. The number of hydrogen-bond donors (Lipinski definition) is 1. The topological polar surface area (TPSA) is 76.0 Å². The minimum Gasteiger partial charge on any atom is -0.477 e. The van der Waals surface area contributed by atoms with Gasteiger partial charge in [-0.05, 0) is 19.9 Å². The molecule has 5 nitrogen and oxygen atoms in total. The molecule has 0 bridgehead atoms. The molecule has 0 radical (unpaired) electrons. The summed E-state index contributed by atoms with van der Waals surface area (Å²) in [4.78, 5) is 23.5. The Labute approximate surface area is 95.8 Å². The third-order valence-corrected chi connectivity index (χ3v) is 3.15. The number of thiazole rings is 1. The van der Waals surface area contributed by atoms with Crippen LogP contribution >= 0.6 is 11.3 Å². The van der Waals surface area contributed by atoms with E-state index in [4.69, 9.17) is 5.11 Å². The highest BCUT2D eigenvalue weighted by atomic mass is 32.1. The predicted molar refractivity (Wildman–Crippen MR) is 59.6 cm³/mol. The second-order valence-electron chi connectivity index (χ2n) is 3.23. The minimum atomic E-state index is -0.952. The standard InChI is InChI=1S/C10H9N3O2S/c1-5-8(10(14)15)16-9(12-5)7-3-4-11-6(2)13-7/h3-4H,1-2H3,(H,14,15). The normalized spacial score (nSPS) is 10.4. The Balaban J connectivity index is 2.49. The maximum Gasteiger partial charge on any atom is 0.347 e. The molecule has 0 fully saturated rings. The quantitative estimate of drug-likeness (QED) is 0.860. The summed E-state index contributed by atoms with van der Waals surface area (Å²) in [7, 11) is 0. The van der Waals surface area contributed by atoms with Gasteiger partial charge in [-0.1, -0.05) is 0 Å². The summed E-state index contributed by atoms with van der Waals surface area (Å²) in [6.07, 6.45) is 1.63. The van der Waals surface area contributed by atoms with E-state index in [1.54, 1.807) is 26.1 Å². The van der Waals surface area contributed by atoms with Crippen LogP contribution in [0, 0.1) is 13.8 Å². The second kappa shape index (κ2) is 3.97. The molecular weight excluding hydrogens is 226 g/mol. The number of rotatable bonds is 2. The smallest absolute Gasteiger partial charge is 0.347 e. The fraction of sp³-hybridized carbons (Fsp3) is 0.200. The molecule has 0 atom stereocenters. The first-order chi connectivity index (χ1) is 7.58. The minimum absolute atomic E-state index is 0.256. The highest BCUT2D eigenvalue weighted by Crippen LogP contribution is 2.26. The van der Waals surface area contributed by atoms with Crippen LogP contribution in [0.4, 0.5) is 0 Å². The van der Waals surface area contributed by atoms with Crippen LogP contribution in [-0.4, -0.2) is 26.0 Å². The van der Waals surface area contributed by atoms with Gasteiger partial charge in [-0.3, -0.25) is 0 Å². The third-order valence-electron chi connectivity index (χ3n) is 1.99. The van der Waals surface area contributed by atoms with Gasteiger partial charge >= 0.3 is 5.97 Å². The van der Waals surface area contributed by atoms with Gasteiger partial charge in [-0.25, -0.2) is 19.7 Å². The number of aromatic nitrogens is 3. The molecule has 0 amide bonds. The SMILES string of the molecule is Cc1nccc(-c2nc(C)c(C(=O)O)s2)n1. The van der Waals surface area contributed by atoms with Gasteiger partial charge in [0.15, 0.2) is 0 Å². The van der Waals surface area contributed by atoms with Crippen molar-refractivity contribution in [1.82, 2.24) is 15.0 Å². The average molecular weight is 235 g/mol. The van der Waals surface area contributed by atoms with Gasteiger partial charge in [-0.2, -0.15) is 0 Å². The molecule has 0 saturated carbocycles. The Kier molecular flexibility index (Phi) is 2.66. The number of aryl methyl sites for hydroxylation is 2. The maximum atomic E-state index is 10.9. The fourth-order valence-corrected chi connectivity index (χ4v) is 2.15. The Morgan fingerprint density at radius 1 is 1.38 bits per heavy atom. The number of aromatic carboxylic acids is 1. The molecule has 0 unspecified atom stereocenters. The van der Waals surface area contributed by atoms with E-state index in [-0.39, 0.29) is 4.88 Å². The highest BCUT2D eigenvalue weighted by Gasteiger charge is 2.15. The summed E-state index contributed by atoms with van der Waals surface area (Å²) in [5.74, 6) is -0.311. The van der Waals surface area contributed by atoms with Crippen molar-refractivity contribution >= 4 is 17.3 Å². The van der Waals surface area contributed by atoms with Crippen molar-refractivity contribution in [3.63, 3.8) is 0 Å². The Morgan fingerprint density at radius 3 is 2.69 bits per heavy atom. The molecule has 0 aromatic carbocycles. The number of carboxylic acids is 1. The Hall–Kier alpha value is -1.82. The van der Waals surface area contributed by atoms with Crippen LogP contribution in [0.3, 0.4) is 0 Å². The molecule has 82 valence electrons. The van der Waals surface area contributed by atoms with Crippen LogP contribution in [0.15, 0.2) is 12.3 Å². The Bertz CT molecular complexity index is 551. The zero-order valence-corrected chi connectivity index (χ0v) is 9.58. The molecular formula is C10H9N3O2S. The lowest BCUT2D eigenvalue weighted by molar-refractivity contribution is 0.0701. The Morgan fingerprint density at radius 2 is 2.12 bits per heavy atom. The van der Waals surface area contributed by atoms with Gasteiger partial charge < -0.3 is 5.11 Å².